The Kier molecular flexibility index (Phi) is 3.05. The molecular weight excluding hydrogens is 267 g/mol. The SMILES string of the molecule is Cc1cc(-c2nc3ccc(N(C)C)cn3c2N)ccc1F. The molecule has 0 unspecified atom stereocenters. The summed E-state index contributed by atoms with van der Waals surface area (Å²) in [6.45, 7) is 1.73. The number of fused-ring (bicyclic) bond motifs is 1. The average Bonchev–Trinajstić information content (AvgIpc) is 2.79. The van der Waals surface area contributed by atoms with Crippen molar-refractivity contribution in [1.82, 2.24) is 9.38 Å². The molecule has 0 radical (unpaired) electrons. The van der Waals surface area contributed by atoms with Gasteiger partial charge in [0.05, 0.1) is 5.69 Å². The van der Waals surface area contributed by atoms with E-state index in [1.165, 1.54) is 6.07 Å². The van der Waals surface area contributed by atoms with Gasteiger partial charge in [-0.1, -0.05) is 0 Å². The number of aryl methyl sites for hydroxylation is 1. The molecule has 0 saturated carbocycles. The Morgan fingerprint density at radius 1 is 1.19 bits per heavy atom. The molecule has 2 N–H and O–H groups in total. The topological polar surface area (TPSA) is 46.6 Å². The highest BCUT2D eigenvalue weighted by atomic mass is 19.1. The molecule has 2 aromatic heterocycles. The van der Waals surface area contributed by atoms with Crippen molar-refractivity contribution in [2.75, 3.05) is 24.7 Å². The van der Waals surface area contributed by atoms with Gasteiger partial charge in [0.15, 0.2) is 0 Å². The first-order valence-corrected chi connectivity index (χ1v) is 6.69. The smallest absolute Gasteiger partial charge is 0.139 e. The van der Waals surface area contributed by atoms with E-state index in [-0.39, 0.29) is 5.82 Å². The number of nitrogen functional groups attached to an aromatic ring is 1. The Labute approximate surface area is 122 Å². The molecule has 0 spiro atoms. The zero-order valence-corrected chi connectivity index (χ0v) is 12.3. The van der Waals surface area contributed by atoms with Crippen LogP contribution in [0.25, 0.3) is 16.9 Å². The van der Waals surface area contributed by atoms with Crippen LogP contribution in [0, 0.1) is 12.7 Å². The molecule has 0 aliphatic rings. The van der Waals surface area contributed by atoms with Crippen LogP contribution in [-0.2, 0) is 0 Å². The van der Waals surface area contributed by atoms with E-state index >= 15 is 0 Å². The third-order valence-electron chi connectivity index (χ3n) is 3.59. The summed E-state index contributed by atoms with van der Waals surface area (Å²) in [5.74, 6) is 0.329. The van der Waals surface area contributed by atoms with Gasteiger partial charge < -0.3 is 10.6 Å². The molecule has 4 nitrogen and oxygen atoms in total. The number of pyridine rings is 1. The second-order valence-electron chi connectivity index (χ2n) is 5.32. The molecule has 0 atom stereocenters. The molecule has 0 aliphatic heterocycles. The summed E-state index contributed by atoms with van der Waals surface area (Å²) in [6.07, 6.45) is 1.94. The van der Waals surface area contributed by atoms with Crippen LogP contribution in [0.3, 0.4) is 0 Å². The molecule has 5 heteroatoms. The maximum Gasteiger partial charge on any atom is 0.139 e. The van der Waals surface area contributed by atoms with E-state index in [9.17, 15) is 4.39 Å². The lowest BCUT2D eigenvalue weighted by Gasteiger charge is -2.12. The first-order valence-electron chi connectivity index (χ1n) is 6.69. The van der Waals surface area contributed by atoms with E-state index in [0.29, 0.717) is 17.1 Å². The number of halogens is 1. The van der Waals surface area contributed by atoms with Crippen molar-refractivity contribution in [3.8, 4) is 11.3 Å². The quantitative estimate of drug-likeness (QED) is 0.786. The number of nitrogens with zero attached hydrogens (tertiary/aromatic N) is 3. The summed E-state index contributed by atoms with van der Waals surface area (Å²) in [5, 5.41) is 0. The van der Waals surface area contributed by atoms with Crippen molar-refractivity contribution in [3.05, 3.63) is 47.9 Å². The van der Waals surface area contributed by atoms with Crippen LogP contribution in [0.2, 0.25) is 0 Å². The Hall–Kier alpha value is -2.56. The van der Waals surface area contributed by atoms with Gasteiger partial charge in [-0.25, -0.2) is 9.37 Å². The number of aromatic nitrogens is 2. The van der Waals surface area contributed by atoms with Crippen LogP contribution in [0.5, 0.6) is 0 Å². The lowest BCUT2D eigenvalue weighted by Crippen LogP contribution is -2.09. The molecule has 2 heterocycles. The maximum atomic E-state index is 13.4. The van der Waals surface area contributed by atoms with Crippen molar-refractivity contribution in [3.63, 3.8) is 0 Å². The van der Waals surface area contributed by atoms with Gasteiger partial charge in [0.1, 0.15) is 23.0 Å². The van der Waals surface area contributed by atoms with Crippen LogP contribution >= 0.6 is 0 Å². The first-order chi connectivity index (χ1) is 9.97. The van der Waals surface area contributed by atoms with Gasteiger partial charge in [-0.2, -0.15) is 0 Å². The molecule has 21 heavy (non-hydrogen) atoms. The third kappa shape index (κ3) is 2.20. The number of hydrogen-bond acceptors (Lipinski definition) is 3. The number of anilines is 2. The summed E-state index contributed by atoms with van der Waals surface area (Å²) in [6, 6.07) is 8.82. The van der Waals surface area contributed by atoms with E-state index < -0.39 is 0 Å². The van der Waals surface area contributed by atoms with Crippen molar-refractivity contribution < 1.29 is 4.39 Å². The molecular formula is C16H17FN4. The minimum atomic E-state index is -0.226. The van der Waals surface area contributed by atoms with Crippen LogP contribution in [0.15, 0.2) is 36.5 Å². The zero-order valence-electron chi connectivity index (χ0n) is 12.3. The fourth-order valence-electron chi connectivity index (χ4n) is 2.32. The normalized spacial score (nSPS) is 11.0. The summed E-state index contributed by atoms with van der Waals surface area (Å²) in [4.78, 5) is 6.55. The molecule has 108 valence electrons. The predicted octanol–water partition coefficient (Wildman–Crippen LogP) is 3.10. The molecule has 0 saturated heterocycles. The molecule has 0 amide bonds. The molecule has 3 rings (SSSR count). The largest absolute Gasteiger partial charge is 0.383 e. The van der Waals surface area contributed by atoms with E-state index in [1.54, 1.807) is 19.1 Å². The molecule has 3 aromatic rings. The summed E-state index contributed by atoms with van der Waals surface area (Å²) in [7, 11) is 3.94. The predicted molar refractivity (Wildman–Crippen MR) is 84.1 cm³/mol. The average molecular weight is 284 g/mol. The van der Waals surface area contributed by atoms with Gasteiger partial charge in [0.2, 0.25) is 0 Å². The fourth-order valence-corrected chi connectivity index (χ4v) is 2.32. The van der Waals surface area contributed by atoms with Gasteiger partial charge in [-0.05, 0) is 42.8 Å². The second-order valence-corrected chi connectivity index (χ2v) is 5.32. The summed E-state index contributed by atoms with van der Waals surface area (Å²) < 4.78 is 15.2. The number of nitrogens with two attached hydrogens (primary N) is 1. The van der Waals surface area contributed by atoms with Crippen molar-refractivity contribution >= 4 is 17.2 Å². The van der Waals surface area contributed by atoms with Crippen LogP contribution in [0.4, 0.5) is 15.9 Å². The molecule has 0 fully saturated rings. The van der Waals surface area contributed by atoms with E-state index in [2.05, 4.69) is 4.98 Å². The number of imidazole rings is 1. The van der Waals surface area contributed by atoms with E-state index in [4.69, 9.17) is 5.73 Å². The lowest BCUT2D eigenvalue weighted by molar-refractivity contribution is 0.619. The Balaban J connectivity index is 2.19. The van der Waals surface area contributed by atoms with Gasteiger partial charge in [-0.15, -0.1) is 0 Å². The van der Waals surface area contributed by atoms with Crippen LogP contribution in [-0.4, -0.2) is 23.5 Å². The minimum absolute atomic E-state index is 0.226. The highest BCUT2D eigenvalue weighted by Crippen LogP contribution is 2.28. The van der Waals surface area contributed by atoms with Gasteiger partial charge in [-0.3, -0.25) is 4.40 Å². The number of hydrogen-bond donors (Lipinski definition) is 1. The Bertz CT molecular complexity index is 821. The Morgan fingerprint density at radius 2 is 1.95 bits per heavy atom. The third-order valence-corrected chi connectivity index (χ3v) is 3.59. The monoisotopic (exact) mass is 284 g/mol. The van der Waals surface area contributed by atoms with E-state index in [1.807, 2.05) is 41.7 Å². The maximum absolute atomic E-state index is 13.4. The van der Waals surface area contributed by atoms with Gasteiger partial charge in [0, 0.05) is 25.9 Å². The lowest BCUT2D eigenvalue weighted by atomic mass is 10.1. The standard InChI is InChI=1S/C16H17FN4/c1-10-8-11(4-6-13(10)17)15-16(18)21-9-12(20(2)3)5-7-14(21)19-15/h4-9H,18H2,1-3H3. The first kappa shape index (κ1) is 13.4. The zero-order chi connectivity index (χ0) is 15.1. The molecule has 0 bridgehead atoms. The van der Waals surface area contributed by atoms with Crippen LogP contribution < -0.4 is 10.6 Å². The summed E-state index contributed by atoms with van der Waals surface area (Å²) in [5.41, 5.74) is 10.1. The number of benzene rings is 1. The van der Waals surface area contributed by atoms with Crippen LogP contribution in [0.1, 0.15) is 5.56 Å². The summed E-state index contributed by atoms with van der Waals surface area (Å²) >= 11 is 0. The van der Waals surface area contributed by atoms with Crippen molar-refractivity contribution in [2.45, 2.75) is 6.92 Å². The number of rotatable bonds is 2. The Morgan fingerprint density at radius 3 is 2.62 bits per heavy atom. The minimum Gasteiger partial charge on any atom is -0.383 e. The van der Waals surface area contributed by atoms with E-state index in [0.717, 1.165) is 16.9 Å². The van der Waals surface area contributed by atoms with Crippen molar-refractivity contribution in [2.24, 2.45) is 0 Å². The fraction of sp³-hybridized carbons (Fsp3) is 0.188. The molecule has 0 aliphatic carbocycles. The highest BCUT2D eigenvalue weighted by molar-refractivity contribution is 5.76. The molecule has 1 aromatic carbocycles. The second kappa shape index (κ2) is 4.77. The van der Waals surface area contributed by atoms with Gasteiger partial charge in [0.25, 0.3) is 0 Å². The van der Waals surface area contributed by atoms with Crippen molar-refractivity contribution in [1.29, 1.82) is 0 Å². The van der Waals surface area contributed by atoms with Gasteiger partial charge >= 0.3 is 0 Å². The highest BCUT2D eigenvalue weighted by Gasteiger charge is 2.13.